The van der Waals surface area contributed by atoms with Crippen molar-refractivity contribution in [1.29, 1.82) is 0 Å². The monoisotopic (exact) mass is 622 g/mol. The molecule has 0 aromatic rings. The maximum Gasteiger partial charge on any atom is 0.267 e. The van der Waals surface area contributed by atoms with Gasteiger partial charge in [-0.05, 0) is 131 Å². The Kier molecular flexibility index (Phi) is 12.5. The van der Waals surface area contributed by atoms with Gasteiger partial charge in [-0.15, -0.1) is 0 Å². The van der Waals surface area contributed by atoms with E-state index in [1.165, 1.54) is 57.8 Å². The molecule has 3 fully saturated rings. The zero-order valence-corrected chi connectivity index (χ0v) is 29.8. The first-order chi connectivity index (χ1) is 20.3. The Morgan fingerprint density at radius 3 is 2.44 bits per heavy atom. The van der Waals surface area contributed by atoms with Gasteiger partial charge in [-0.1, -0.05) is 66.0 Å². The van der Waals surface area contributed by atoms with E-state index < -0.39 is 7.82 Å². The topological polar surface area (TPSA) is 71.1 Å². The van der Waals surface area contributed by atoms with Gasteiger partial charge in [-0.3, -0.25) is 4.57 Å². The van der Waals surface area contributed by atoms with Crippen LogP contribution in [-0.2, 0) is 18.3 Å². The van der Waals surface area contributed by atoms with Crippen LogP contribution in [0.15, 0.2) is 11.6 Å². The average molecular weight is 623 g/mol. The lowest BCUT2D eigenvalue weighted by Gasteiger charge is -2.58. The zero-order chi connectivity index (χ0) is 31.4. The minimum absolute atomic E-state index is 0.107. The van der Waals surface area contributed by atoms with Crippen molar-refractivity contribution >= 4 is 7.82 Å². The largest absolute Gasteiger partial charge is 0.756 e. The molecule has 3 saturated carbocycles. The van der Waals surface area contributed by atoms with Crippen LogP contribution in [0.4, 0.5) is 0 Å². The van der Waals surface area contributed by atoms with Crippen molar-refractivity contribution in [1.82, 2.24) is 4.90 Å². The van der Waals surface area contributed by atoms with Gasteiger partial charge in [0.1, 0.15) is 0 Å². The average Bonchev–Trinajstić information content (AvgIpc) is 3.30. The van der Waals surface area contributed by atoms with Crippen LogP contribution in [0.3, 0.4) is 0 Å². The number of fused-ring (bicyclic) bond motifs is 5. The lowest BCUT2D eigenvalue weighted by molar-refractivity contribution is -0.225. The predicted molar refractivity (Wildman–Crippen MR) is 175 cm³/mol. The van der Waals surface area contributed by atoms with E-state index in [-0.39, 0.29) is 19.3 Å². The maximum absolute atomic E-state index is 11.9. The Morgan fingerprint density at radius 1 is 1.00 bits per heavy atom. The van der Waals surface area contributed by atoms with Crippen molar-refractivity contribution in [3.63, 3.8) is 0 Å². The molecule has 6 nitrogen and oxygen atoms in total. The van der Waals surface area contributed by atoms with Crippen LogP contribution in [0.5, 0.6) is 0 Å². The molecule has 10 atom stereocenters. The second-order valence-corrected chi connectivity index (χ2v) is 17.4. The van der Waals surface area contributed by atoms with Crippen LogP contribution in [0.1, 0.15) is 119 Å². The van der Waals surface area contributed by atoms with Gasteiger partial charge in [0.05, 0.1) is 19.3 Å². The first kappa shape index (κ1) is 35.6. The van der Waals surface area contributed by atoms with E-state index in [0.29, 0.717) is 30.4 Å². The van der Waals surface area contributed by atoms with Crippen molar-refractivity contribution in [3.05, 3.63) is 11.6 Å². The third-order valence-corrected chi connectivity index (χ3v) is 14.0. The second-order valence-electron chi connectivity index (χ2n) is 16.0. The number of rotatable bonds is 16. The van der Waals surface area contributed by atoms with Gasteiger partial charge in [0.2, 0.25) is 0 Å². The summed E-state index contributed by atoms with van der Waals surface area (Å²) in [5, 5.41) is 0. The molecule has 0 bridgehead atoms. The van der Waals surface area contributed by atoms with Crippen molar-refractivity contribution in [2.45, 2.75) is 125 Å². The lowest BCUT2D eigenvalue weighted by Crippen LogP contribution is -2.51. The van der Waals surface area contributed by atoms with E-state index in [1.807, 2.05) is 19.0 Å². The van der Waals surface area contributed by atoms with E-state index >= 15 is 0 Å². The van der Waals surface area contributed by atoms with Crippen LogP contribution >= 0.6 is 7.82 Å². The van der Waals surface area contributed by atoms with Gasteiger partial charge in [0, 0.05) is 13.2 Å². The summed E-state index contributed by atoms with van der Waals surface area (Å²) in [5.74, 6) is 5.98. The van der Waals surface area contributed by atoms with Crippen molar-refractivity contribution in [2.24, 2.45) is 52.3 Å². The highest BCUT2D eigenvalue weighted by Crippen LogP contribution is 2.67. The maximum atomic E-state index is 11.9. The highest BCUT2D eigenvalue weighted by Gasteiger charge is 2.59. The van der Waals surface area contributed by atoms with Crippen molar-refractivity contribution in [2.75, 3.05) is 40.5 Å². The predicted octanol–water partition coefficient (Wildman–Crippen LogP) is 8.50. The first-order valence-corrected chi connectivity index (χ1v) is 19.3. The highest BCUT2D eigenvalue weighted by atomic mass is 31.2. The van der Waals surface area contributed by atoms with Crippen LogP contribution in [0.2, 0.25) is 0 Å². The summed E-state index contributed by atoms with van der Waals surface area (Å²) >= 11 is 0. The summed E-state index contributed by atoms with van der Waals surface area (Å²) in [6, 6.07) is 0. The fraction of sp³-hybridized carbons (Fsp3) is 0.944. The summed E-state index contributed by atoms with van der Waals surface area (Å²) in [5.41, 5.74) is 2.49. The van der Waals surface area contributed by atoms with Gasteiger partial charge >= 0.3 is 0 Å². The quantitative estimate of drug-likeness (QED) is 0.0977. The Labute approximate surface area is 264 Å². The molecule has 4 aliphatic rings. The minimum atomic E-state index is -4.24. The summed E-state index contributed by atoms with van der Waals surface area (Å²) in [4.78, 5) is 13.8. The molecule has 0 aromatic heterocycles. The van der Waals surface area contributed by atoms with Crippen LogP contribution in [0.25, 0.3) is 0 Å². The van der Waals surface area contributed by atoms with Crippen LogP contribution < -0.4 is 4.89 Å². The Hall–Kier alpha value is -0.230. The second kappa shape index (κ2) is 15.1. The summed E-state index contributed by atoms with van der Waals surface area (Å²) in [7, 11) is -0.490. The summed E-state index contributed by atoms with van der Waals surface area (Å²) < 4.78 is 28.1. The van der Waals surface area contributed by atoms with Gasteiger partial charge in [-0.25, -0.2) is 0 Å². The van der Waals surface area contributed by atoms with Gasteiger partial charge < -0.3 is 23.6 Å². The van der Waals surface area contributed by atoms with Crippen molar-refractivity contribution in [3.8, 4) is 0 Å². The highest BCUT2D eigenvalue weighted by molar-refractivity contribution is 7.45. The van der Waals surface area contributed by atoms with E-state index in [4.69, 9.17) is 13.8 Å². The third-order valence-electron chi connectivity index (χ3n) is 13.0. The Bertz CT molecular complexity index is 969. The SMILES string of the molecule is CC[C@@H](CC[C@@H](C)C1CCC2[C@@H]3CC=C4CC(OCCCOP(=O)([O-])OCCN(C)C)CC[C@]4(C)C3CC[C@@]21C)C(C)C. The van der Waals surface area contributed by atoms with Crippen molar-refractivity contribution < 1.29 is 23.2 Å². The molecule has 4 aliphatic carbocycles. The van der Waals surface area contributed by atoms with E-state index in [9.17, 15) is 9.46 Å². The molecule has 5 unspecified atom stereocenters. The summed E-state index contributed by atoms with van der Waals surface area (Å²) in [6.07, 6.45) is 17.9. The van der Waals surface area contributed by atoms with E-state index in [0.717, 1.165) is 54.3 Å². The number of nitrogens with zero attached hydrogens (tertiary/aromatic N) is 1. The molecule has 0 spiro atoms. The van der Waals surface area contributed by atoms with E-state index in [1.54, 1.807) is 5.57 Å². The molecule has 0 radical (unpaired) electrons. The number of phosphoric ester groups is 1. The number of hydrogen-bond donors (Lipinski definition) is 0. The fourth-order valence-corrected chi connectivity index (χ4v) is 11.0. The molecule has 7 heteroatoms. The normalized spacial score (nSPS) is 36.9. The molecule has 43 heavy (non-hydrogen) atoms. The molecular weight excluding hydrogens is 557 g/mol. The molecule has 0 aromatic carbocycles. The van der Waals surface area contributed by atoms with Gasteiger partial charge in [0.25, 0.3) is 7.82 Å². The van der Waals surface area contributed by atoms with Crippen LogP contribution in [-0.4, -0.2) is 51.5 Å². The first-order valence-electron chi connectivity index (χ1n) is 17.9. The fourth-order valence-electron chi connectivity index (χ4n) is 10.3. The smallest absolute Gasteiger partial charge is 0.267 e. The summed E-state index contributed by atoms with van der Waals surface area (Å²) in [6.45, 7) is 16.3. The molecule has 0 aliphatic heterocycles. The van der Waals surface area contributed by atoms with Gasteiger partial charge in [-0.2, -0.15) is 0 Å². The number of allylic oxidation sites excluding steroid dienone is 1. The molecule has 0 heterocycles. The molecule has 0 amide bonds. The minimum Gasteiger partial charge on any atom is -0.756 e. The molecular formula is C36H65NO5P-. The molecule has 0 saturated heterocycles. The third kappa shape index (κ3) is 8.38. The standard InChI is InChI=1S/C36H66NO5P/c1-9-28(26(2)3)12-11-27(4)32-15-16-33-31-14-13-29-25-30(17-19-35(29,5)34(31)18-20-36(32,33)6)40-22-10-23-41-43(38,39)42-24-21-37(7)8/h13,26-28,30-34H,9-12,14-25H2,1-8H3,(H,38,39)/p-1/t27-,28+,30?,31+,32?,33?,34?,35+,36-/m1/s1. The molecule has 250 valence electrons. The number of likely N-dealkylation sites (N-methyl/N-ethyl adjacent to an activating group) is 1. The Balaban J connectivity index is 1.26. The number of ether oxygens (including phenoxy) is 1. The lowest BCUT2D eigenvalue weighted by atomic mass is 9.47. The van der Waals surface area contributed by atoms with E-state index in [2.05, 4.69) is 47.6 Å². The Morgan fingerprint density at radius 2 is 1.74 bits per heavy atom. The molecule has 4 rings (SSSR count). The number of phosphoric acid groups is 1. The van der Waals surface area contributed by atoms with Gasteiger partial charge in [0.15, 0.2) is 0 Å². The molecule has 0 N–H and O–H groups in total. The number of hydrogen-bond acceptors (Lipinski definition) is 6. The zero-order valence-electron chi connectivity index (χ0n) is 28.9. The van der Waals surface area contributed by atoms with Crippen LogP contribution in [0, 0.1) is 52.3 Å².